The van der Waals surface area contributed by atoms with Crippen LogP contribution in [0.25, 0.3) is 0 Å². The van der Waals surface area contributed by atoms with Gasteiger partial charge in [0.15, 0.2) is 0 Å². The number of fused-ring (bicyclic) bond motifs is 1. The number of pyridine rings is 1. The van der Waals surface area contributed by atoms with Gasteiger partial charge in [0, 0.05) is 18.4 Å². The van der Waals surface area contributed by atoms with Crippen molar-refractivity contribution < 1.29 is 0 Å². The number of halogens is 1. The maximum atomic E-state index is 11.5. The molecule has 0 saturated heterocycles. The summed E-state index contributed by atoms with van der Waals surface area (Å²) in [5, 5.41) is 3.12. The van der Waals surface area contributed by atoms with E-state index >= 15 is 0 Å². The van der Waals surface area contributed by atoms with E-state index in [-0.39, 0.29) is 5.43 Å². The molecule has 1 aliphatic rings. The molecule has 0 radical (unpaired) electrons. The fraction of sp³-hybridized carbons (Fsp3) is 0.375. The maximum absolute atomic E-state index is 11.5. The molecule has 2 rings (SSSR count). The van der Waals surface area contributed by atoms with Crippen LogP contribution in [0.5, 0.6) is 0 Å². The largest absolute Gasteiger partial charge is 0.380 e. The first-order valence-electron chi connectivity index (χ1n) is 3.93. The molecule has 0 spiro atoms. The second-order valence-corrected chi connectivity index (χ2v) is 4.01. The maximum Gasteiger partial charge on any atom is 0.218 e. The number of aromatic amines is 1. The van der Waals surface area contributed by atoms with Crippen molar-refractivity contribution >= 4 is 28.3 Å². The van der Waals surface area contributed by atoms with Crippen LogP contribution in [0.3, 0.4) is 0 Å². The Morgan fingerprint density at radius 2 is 2.33 bits per heavy atom. The van der Waals surface area contributed by atoms with E-state index in [1.54, 1.807) is 6.20 Å². The lowest BCUT2D eigenvalue weighted by Gasteiger charge is -2.16. The lowest BCUT2D eigenvalue weighted by Crippen LogP contribution is -2.22. The van der Waals surface area contributed by atoms with Gasteiger partial charge in [-0.25, -0.2) is 0 Å². The van der Waals surface area contributed by atoms with Crippen LogP contribution in [-0.4, -0.2) is 11.5 Å². The standard InChI is InChI=1S/C8H9IN2O/c9-5-4-11-6-2-1-3-10-7(6)8(5)12/h4,10H,1-3H2,(H,11,12). The van der Waals surface area contributed by atoms with Gasteiger partial charge in [-0.3, -0.25) is 4.79 Å². The molecule has 0 amide bonds. The number of rotatable bonds is 0. The van der Waals surface area contributed by atoms with Gasteiger partial charge >= 0.3 is 0 Å². The third-order valence-electron chi connectivity index (χ3n) is 2.02. The van der Waals surface area contributed by atoms with Crippen LogP contribution in [0.1, 0.15) is 12.1 Å². The average molecular weight is 276 g/mol. The van der Waals surface area contributed by atoms with E-state index in [4.69, 9.17) is 0 Å². The molecule has 0 atom stereocenters. The van der Waals surface area contributed by atoms with E-state index in [2.05, 4.69) is 10.3 Å². The van der Waals surface area contributed by atoms with Crippen molar-refractivity contribution in [3.8, 4) is 0 Å². The van der Waals surface area contributed by atoms with E-state index in [9.17, 15) is 4.79 Å². The van der Waals surface area contributed by atoms with Crippen molar-refractivity contribution in [2.45, 2.75) is 12.8 Å². The molecule has 1 aromatic heterocycles. The smallest absolute Gasteiger partial charge is 0.218 e. The second-order valence-electron chi connectivity index (χ2n) is 2.85. The predicted octanol–water partition coefficient (Wildman–Crippen LogP) is 1.34. The number of anilines is 1. The van der Waals surface area contributed by atoms with Crippen LogP contribution in [0, 0.1) is 3.57 Å². The first-order valence-corrected chi connectivity index (χ1v) is 5.01. The first-order chi connectivity index (χ1) is 5.79. The van der Waals surface area contributed by atoms with Gasteiger partial charge in [-0.1, -0.05) is 0 Å². The van der Waals surface area contributed by atoms with Crippen molar-refractivity contribution in [1.29, 1.82) is 0 Å². The minimum atomic E-state index is 0.129. The number of nitrogens with one attached hydrogen (secondary N) is 2. The zero-order chi connectivity index (χ0) is 8.55. The normalized spacial score (nSPS) is 15.1. The Bertz CT molecular complexity index is 359. The highest BCUT2D eigenvalue weighted by molar-refractivity contribution is 14.1. The molecule has 0 bridgehead atoms. The summed E-state index contributed by atoms with van der Waals surface area (Å²) in [7, 11) is 0. The van der Waals surface area contributed by atoms with Gasteiger partial charge in [0.05, 0.1) is 3.57 Å². The summed E-state index contributed by atoms with van der Waals surface area (Å²) in [6.45, 7) is 0.913. The molecule has 0 aromatic carbocycles. The van der Waals surface area contributed by atoms with Crippen molar-refractivity contribution in [1.82, 2.24) is 4.98 Å². The monoisotopic (exact) mass is 276 g/mol. The van der Waals surface area contributed by atoms with Crippen LogP contribution >= 0.6 is 22.6 Å². The van der Waals surface area contributed by atoms with E-state index in [1.165, 1.54) is 0 Å². The van der Waals surface area contributed by atoms with Crippen molar-refractivity contribution in [3.63, 3.8) is 0 Å². The van der Waals surface area contributed by atoms with Gasteiger partial charge in [0.25, 0.3) is 0 Å². The van der Waals surface area contributed by atoms with Crippen LogP contribution in [-0.2, 0) is 6.42 Å². The highest BCUT2D eigenvalue weighted by Gasteiger charge is 2.12. The van der Waals surface area contributed by atoms with Crippen LogP contribution in [0.4, 0.5) is 5.69 Å². The molecule has 2 N–H and O–H groups in total. The Morgan fingerprint density at radius 3 is 3.17 bits per heavy atom. The Balaban J connectivity index is 2.62. The minimum Gasteiger partial charge on any atom is -0.380 e. The van der Waals surface area contributed by atoms with Gasteiger partial charge in [-0.05, 0) is 35.4 Å². The molecule has 0 unspecified atom stereocenters. The van der Waals surface area contributed by atoms with Gasteiger partial charge in [-0.15, -0.1) is 0 Å². The molecule has 0 saturated carbocycles. The molecule has 2 heterocycles. The second kappa shape index (κ2) is 3.08. The summed E-state index contributed by atoms with van der Waals surface area (Å²) in [5.41, 5.74) is 1.95. The highest BCUT2D eigenvalue weighted by Crippen LogP contribution is 2.15. The van der Waals surface area contributed by atoms with E-state index in [0.717, 1.165) is 34.3 Å². The Hall–Kier alpha value is -0.520. The highest BCUT2D eigenvalue weighted by atomic mass is 127. The molecular weight excluding hydrogens is 267 g/mol. The molecule has 1 aromatic rings. The predicted molar refractivity (Wildman–Crippen MR) is 56.6 cm³/mol. The summed E-state index contributed by atoms with van der Waals surface area (Å²) in [6.07, 6.45) is 3.85. The quantitative estimate of drug-likeness (QED) is 0.702. The van der Waals surface area contributed by atoms with Gasteiger partial charge in [0.2, 0.25) is 5.43 Å². The fourth-order valence-electron chi connectivity index (χ4n) is 1.41. The summed E-state index contributed by atoms with van der Waals surface area (Å²) in [5.74, 6) is 0. The van der Waals surface area contributed by atoms with Crippen LogP contribution in [0.15, 0.2) is 11.0 Å². The minimum absolute atomic E-state index is 0.129. The van der Waals surface area contributed by atoms with E-state index in [0.29, 0.717) is 0 Å². The zero-order valence-corrected chi connectivity index (χ0v) is 8.64. The zero-order valence-electron chi connectivity index (χ0n) is 6.48. The van der Waals surface area contributed by atoms with Crippen molar-refractivity contribution in [2.24, 2.45) is 0 Å². The van der Waals surface area contributed by atoms with Crippen LogP contribution in [0.2, 0.25) is 0 Å². The number of hydrogen-bond donors (Lipinski definition) is 2. The Morgan fingerprint density at radius 1 is 1.50 bits per heavy atom. The Kier molecular flexibility index (Phi) is 2.08. The van der Waals surface area contributed by atoms with Crippen LogP contribution < -0.4 is 10.7 Å². The van der Waals surface area contributed by atoms with Gasteiger partial charge in [-0.2, -0.15) is 0 Å². The fourth-order valence-corrected chi connectivity index (χ4v) is 1.83. The molecule has 4 heteroatoms. The van der Waals surface area contributed by atoms with E-state index in [1.807, 2.05) is 22.6 Å². The third-order valence-corrected chi connectivity index (χ3v) is 2.83. The van der Waals surface area contributed by atoms with E-state index < -0.39 is 0 Å². The molecule has 0 fully saturated rings. The summed E-state index contributed by atoms with van der Waals surface area (Å²) >= 11 is 2.05. The molecule has 3 nitrogen and oxygen atoms in total. The number of H-pyrrole nitrogens is 1. The van der Waals surface area contributed by atoms with Gasteiger partial charge < -0.3 is 10.3 Å². The molecule has 12 heavy (non-hydrogen) atoms. The lowest BCUT2D eigenvalue weighted by atomic mass is 10.1. The SMILES string of the molecule is O=c1c(I)c[nH]c2c1NCCC2. The van der Waals surface area contributed by atoms with Crippen molar-refractivity contribution in [3.05, 3.63) is 25.7 Å². The van der Waals surface area contributed by atoms with Gasteiger partial charge in [0.1, 0.15) is 5.69 Å². The summed E-state index contributed by atoms with van der Waals surface area (Å²) in [4.78, 5) is 14.7. The number of aromatic nitrogens is 1. The topological polar surface area (TPSA) is 44.9 Å². The van der Waals surface area contributed by atoms with Crippen molar-refractivity contribution in [2.75, 3.05) is 11.9 Å². The first kappa shape index (κ1) is 8.10. The third kappa shape index (κ3) is 1.24. The molecule has 0 aliphatic carbocycles. The number of hydrogen-bond acceptors (Lipinski definition) is 2. The molecule has 64 valence electrons. The summed E-state index contributed by atoms with van der Waals surface area (Å²) in [6, 6.07) is 0. The molecule has 1 aliphatic heterocycles. The summed E-state index contributed by atoms with van der Waals surface area (Å²) < 4.78 is 0.751. The molecular formula is C8H9IN2O. The average Bonchev–Trinajstić information content (AvgIpc) is 2.12. The lowest BCUT2D eigenvalue weighted by molar-refractivity contribution is 0.797. The Labute approximate surface area is 83.7 Å². The number of aryl methyl sites for hydroxylation is 1.